The third kappa shape index (κ3) is 5.32. The average Bonchev–Trinajstić information content (AvgIpc) is 2.28. The summed E-state index contributed by atoms with van der Waals surface area (Å²) in [6.07, 6.45) is 11.5. The normalized spacial score (nSPS) is 19.0. The molecule has 1 aliphatic rings. The van der Waals surface area contributed by atoms with Crippen LogP contribution in [0.25, 0.3) is 0 Å². The fraction of sp³-hybridized carbons (Fsp3) is 0.364. The minimum atomic E-state index is 0.693. The first-order valence-electron chi connectivity index (χ1n) is 5.08. The van der Waals surface area contributed by atoms with Crippen molar-refractivity contribution in [1.82, 2.24) is 10.9 Å². The molecule has 0 atom stereocenters. The molecule has 4 heteroatoms. The monoisotopic (exact) mass is 224 g/mol. The van der Waals surface area contributed by atoms with Gasteiger partial charge in [-0.05, 0) is 24.8 Å². The van der Waals surface area contributed by atoms with Gasteiger partial charge in [0.25, 0.3) is 0 Å². The topological polar surface area (TPSA) is 38.0 Å². The maximum atomic E-state index is 4.20. The summed E-state index contributed by atoms with van der Waals surface area (Å²) >= 11 is 4.20. The average molecular weight is 224 g/mol. The number of allylic oxidation sites excluding steroid dienone is 3. The molecule has 1 rings (SSSR count). The van der Waals surface area contributed by atoms with E-state index in [0.29, 0.717) is 11.7 Å². The Hall–Kier alpha value is -1.16. The zero-order chi connectivity index (χ0) is 10.9. The van der Waals surface area contributed by atoms with Gasteiger partial charge < -0.3 is 0 Å². The molecule has 0 saturated heterocycles. The number of rotatable bonds is 4. The number of hydrazine groups is 1. The predicted molar refractivity (Wildman–Crippen MR) is 67.4 cm³/mol. The van der Waals surface area contributed by atoms with Gasteiger partial charge in [0, 0.05) is 6.20 Å². The lowest BCUT2D eigenvalue weighted by molar-refractivity contribution is -0.443. The van der Waals surface area contributed by atoms with E-state index in [-0.39, 0.29) is 0 Å². The van der Waals surface area contributed by atoms with Crippen LogP contribution in [0.3, 0.4) is 0 Å². The molecule has 0 fully saturated rings. The molecule has 0 aromatic rings. The van der Waals surface area contributed by atoms with Gasteiger partial charge >= 0.3 is 5.17 Å². The van der Waals surface area contributed by atoms with Crippen molar-refractivity contribution in [3.05, 3.63) is 36.6 Å². The fourth-order valence-electron chi connectivity index (χ4n) is 1.27. The number of nitrogens with one attached hydrogen (secondary N) is 3. The van der Waals surface area contributed by atoms with E-state index in [1.165, 1.54) is 5.57 Å². The van der Waals surface area contributed by atoms with Crippen LogP contribution < -0.4 is 15.8 Å². The molecule has 0 bridgehead atoms. The summed E-state index contributed by atoms with van der Waals surface area (Å²) in [5.74, 6) is 0. The molecule has 82 valence electrons. The molecule has 0 amide bonds. The van der Waals surface area contributed by atoms with Gasteiger partial charge in [-0.3, -0.25) is 4.99 Å². The highest BCUT2D eigenvalue weighted by atomic mass is 32.1. The van der Waals surface area contributed by atoms with Crippen molar-refractivity contribution in [1.29, 1.82) is 0 Å². The predicted octanol–water partition coefficient (Wildman–Crippen LogP) is 0.257. The Morgan fingerprint density at radius 1 is 1.60 bits per heavy atom. The van der Waals surface area contributed by atoms with Crippen LogP contribution in [0.5, 0.6) is 0 Å². The first kappa shape index (κ1) is 11.9. The van der Waals surface area contributed by atoms with Gasteiger partial charge in [-0.1, -0.05) is 37.4 Å². The van der Waals surface area contributed by atoms with Crippen molar-refractivity contribution >= 4 is 17.8 Å². The Bertz CT molecular complexity index is 292. The van der Waals surface area contributed by atoms with E-state index in [9.17, 15) is 0 Å². The van der Waals surface area contributed by atoms with Crippen molar-refractivity contribution in [2.45, 2.75) is 19.3 Å². The highest BCUT2D eigenvalue weighted by Crippen LogP contribution is 2.15. The Morgan fingerprint density at radius 3 is 3.13 bits per heavy atom. The maximum absolute atomic E-state index is 4.20. The van der Waals surface area contributed by atoms with Gasteiger partial charge in [-0.15, -0.1) is 0 Å². The van der Waals surface area contributed by atoms with Crippen molar-refractivity contribution in [3.63, 3.8) is 0 Å². The van der Waals surface area contributed by atoms with E-state index in [2.05, 4.69) is 47.2 Å². The first-order chi connectivity index (χ1) is 7.33. The number of hydrogen-bond acceptors (Lipinski definition) is 1. The third-order valence-electron chi connectivity index (χ3n) is 2.06. The van der Waals surface area contributed by atoms with Crippen molar-refractivity contribution in [3.8, 4) is 0 Å². The second kappa shape index (κ2) is 7.17. The minimum Gasteiger partial charge on any atom is -0.264 e. The van der Waals surface area contributed by atoms with Gasteiger partial charge in [0.2, 0.25) is 0 Å². The van der Waals surface area contributed by atoms with E-state index in [1.807, 2.05) is 6.20 Å². The van der Waals surface area contributed by atoms with E-state index >= 15 is 0 Å². The molecule has 3 N–H and O–H groups in total. The Balaban J connectivity index is 2.25. The molecule has 15 heavy (non-hydrogen) atoms. The second-order valence-corrected chi connectivity index (χ2v) is 3.75. The molecule has 0 radical (unpaired) electrons. The van der Waals surface area contributed by atoms with Crippen LogP contribution in [0.1, 0.15) is 19.3 Å². The Kier molecular flexibility index (Phi) is 5.70. The molecule has 3 nitrogen and oxygen atoms in total. The zero-order valence-corrected chi connectivity index (χ0v) is 9.69. The maximum Gasteiger partial charge on any atom is 0.324 e. The quantitative estimate of drug-likeness (QED) is 0.182. The summed E-state index contributed by atoms with van der Waals surface area (Å²) in [6, 6.07) is 0. The van der Waals surface area contributed by atoms with E-state index in [4.69, 9.17) is 0 Å². The minimum absolute atomic E-state index is 0.693. The number of hydrogen-bond donors (Lipinski definition) is 4. The molecule has 0 aliphatic heterocycles. The smallest absolute Gasteiger partial charge is 0.264 e. The standard InChI is InChI=1S/C11H17N3S/c1-2-8-12-11(15)14-13-9-10-6-4-3-5-7-10/h2-4,9,13H,1,5-8H2,(H2,12,14,15)/p+1. The van der Waals surface area contributed by atoms with Crippen LogP contribution in [-0.4, -0.2) is 11.7 Å². The third-order valence-corrected chi connectivity index (χ3v) is 2.33. The van der Waals surface area contributed by atoms with Crippen LogP contribution in [0.15, 0.2) is 36.6 Å². The molecule has 0 unspecified atom stereocenters. The van der Waals surface area contributed by atoms with E-state index in [1.54, 1.807) is 6.08 Å². The molecule has 0 heterocycles. The zero-order valence-electron chi connectivity index (χ0n) is 8.79. The molecule has 0 aromatic carbocycles. The van der Waals surface area contributed by atoms with Gasteiger partial charge in [-0.25, -0.2) is 5.43 Å². The first-order valence-corrected chi connectivity index (χ1v) is 5.53. The van der Waals surface area contributed by atoms with Gasteiger partial charge in [0.1, 0.15) is 6.54 Å². The SMILES string of the molecule is C=CC[NH+]=C(S)NNC=C1CC=CCC1. The molecule has 0 aromatic heterocycles. The molecule has 0 spiro atoms. The lowest BCUT2D eigenvalue weighted by Crippen LogP contribution is -2.75. The van der Waals surface area contributed by atoms with Crippen molar-refractivity contribution in [2.75, 3.05) is 6.54 Å². The lowest BCUT2D eigenvalue weighted by Gasteiger charge is -2.07. The largest absolute Gasteiger partial charge is 0.324 e. The van der Waals surface area contributed by atoms with Crippen molar-refractivity contribution in [2.24, 2.45) is 0 Å². The van der Waals surface area contributed by atoms with Crippen molar-refractivity contribution < 1.29 is 4.99 Å². The molecule has 0 saturated carbocycles. The van der Waals surface area contributed by atoms with Crippen LogP contribution in [0.4, 0.5) is 0 Å². The van der Waals surface area contributed by atoms with Gasteiger partial charge in [0.05, 0.1) is 0 Å². The molecular weight excluding hydrogens is 206 g/mol. The Morgan fingerprint density at radius 2 is 2.47 bits per heavy atom. The van der Waals surface area contributed by atoms with E-state index in [0.717, 1.165) is 19.3 Å². The summed E-state index contributed by atoms with van der Waals surface area (Å²) in [6.45, 7) is 4.31. The molecular formula is C11H18N3S+. The summed E-state index contributed by atoms with van der Waals surface area (Å²) < 4.78 is 0. The number of amidine groups is 1. The van der Waals surface area contributed by atoms with Gasteiger partial charge in [-0.2, -0.15) is 5.43 Å². The summed E-state index contributed by atoms with van der Waals surface area (Å²) in [7, 11) is 0. The number of thiol groups is 1. The summed E-state index contributed by atoms with van der Waals surface area (Å²) in [5, 5.41) is 0.693. The van der Waals surface area contributed by atoms with Crippen LogP contribution >= 0.6 is 12.6 Å². The van der Waals surface area contributed by atoms with Crippen LogP contribution in [0.2, 0.25) is 0 Å². The van der Waals surface area contributed by atoms with Crippen LogP contribution in [0, 0.1) is 0 Å². The fourth-order valence-corrected chi connectivity index (χ4v) is 1.43. The van der Waals surface area contributed by atoms with Gasteiger partial charge in [0.15, 0.2) is 0 Å². The van der Waals surface area contributed by atoms with E-state index < -0.39 is 0 Å². The van der Waals surface area contributed by atoms with Crippen LogP contribution in [-0.2, 0) is 0 Å². The highest BCUT2D eigenvalue weighted by Gasteiger charge is 2.00. The molecule has 1 aliphatic carbocycles. The highest BCUT2D eigenvalue weighted by molar-refractivity contribution is 7.96. The Labute approximate surface area is 96.4 Å². The lowest BCUT2D eigenvalue weighted by atomic mass is 10.0. The summed E-state index contributed by atoms with van der Waals surface area (Å²) in [4.78, 5) is 3.02. The summed E-state index contributed by atoms with van der Waals surface area (Å²) in [5.41, 5.74) is 7.34. The second-order valence-electron chi connectivity index (χ2n) is 3.30.